The molecule has 2 atom stereocenters. The molecule has 2 N–H and O–H groups in total. The van der Waals surface area contributed by atoms with Gasteiger partial charge in [0, 0.05) is 35.6 Å². The third-order valence-electron chi connectivity index (χ3n) is 3.56. The summed E-state index contributed by atoms with van der Waals surface area (Å²) >= 11 is 6.95. The maximum atomic E-state index is 5.62. The zero-order valence-electron chi connectivity index (χ0n) is 10.9. The van der Waals surface area contributed by atoms with Crippen molar-refractivity contribution in [2.24, 2.45) is 5.73 Å². The van der Waals surface area contributed by atoms with E-state index < -0.39 is 0 Å². The molecule has 0 radical (unpaired) electrons. The summed E-state index contributed by atoms with van der Waals surface area (Å²) < 4.78 is 0. The molecule has 0 fully saturated rings. The Morgan fingerprint density at radius 2 is 2.28 bits per heavy atom. The average Bonchev–Trinajstić information content (AvgIpc) is 2.72. The molecule has 2 unspecified atom stereocenters. The van der Waals surface area contributed by atoms with E-state index in [9.17, 15) is 0 Å². The van der Waals surface area contributed by atoms with Gasteiger partial charge in [0.05, 0.1) is 4.99 Å². The van der Waals surface area contributed by atoms with Crippen molar-refractivity contribution in [2.45, 2.75) is 30.2 Å². The molecule has 1 aliphatic rings. The number of benzene rings is 1. The Balaban J connectivity index is 1.97. The van der Waals surface area contributed by atoms with E-state index in [0.717, 1.165) is 13.0 Å². The molecule has 18 heavy (non-hydrogen) atoms. The van der Waals surface area contributed by atoms with Crippen LogP contribution >= 0.6 is 24.0 Å². The van der Waals surface area contributed by atoms with Crippen LogP contribution in [0.15, 0.2) is 29.2 Å². The fourth-order valence-corrected chi connectivity index (χ4v) is 3.84. The van der Waals surface area contributed by atoms with Crippen LogP contribution in [-0.4, -0.2) is 35.3 Å². The number of fused-ring (bicyclic) bond motifs is 1. The second kappa shape index (κ2) is 6.04. The lowest BCUT2D eigenvalue weighted by molar-refractivity contribution is 0.252. The molecule has 0 aromatic heterocycles. The van der Waals surface area contributed by atoms with E-state index in [1.807, 2.05) is 11.8 Å². The van der Waals surface area contributed by atoms with Crippen molar-refractivity contribution in [3.8, 4) is 0 Å². The topological polar surface area (TPSA) is 29.3 Å². The number of rotatable bonds is 5. The Bertz CT molecular complexity index is 434. The lowest BCUT2D eigenvalue weighted by atomic mass is 10.00. The van der Waals surface area contributed by atoms with Gasteiger partial charge in [-0.25, -0.2) is 0 Å². The van der Waals surface area contributed by atoms with Crippen LogP contribution in [0.5, 0.6) is 0 Å². The van der Waals surface area contributed by atoms with Crippen molar-refractivity contribution < 1.29 is 0 Å². The minimum absolute atomic E-state index is 0.417. The SMILES string of the molecule is CC(CC(N)=S)N(C)CC1CSc2ccccc21. The third kappa shape index (κ3) is 3.25. The molecule has 1 aromatic rings. The predicted octanol–water partition coefficient (Wildman–Crippen LogP) is 2.87. The standard InChI is InChI=1S/C14H20N2S2/c1-10(7-14(15)17)16(2)8-11-9-18-13-6-4-3-5-12(11)13/h3-6,10-11H,7-9H2,1-2H3,(H2,15,17). The van der Waals surface area contributed by atoms with Crippen LogP contribution in [0.2, 0.25) is 0 Å². The summed E-state index contributed by atoms with van der Waals surface area (Å²) in [6.07, 6.45) is 0.799. The maximum absolute atomic E-state index is 5.62. The quantitative estimate of drug-likeness (QED) is 0.840. The molecule has 1 aliphatic heterocycles. The first-order valence-electron chi connectivity index (χ1n) is 6.28. The van der Waals surface area contributed by atoms with Crippen molar-refractivity contribution in [3.05, 3.63) is 29.8 Å². The first-order valence-corrected chi connectivity index (χ1v) is 7.67. The minimum Gasteiger partial charge on any atom is -0.393 e. The second-order valence-corrected chi connectivity index (χ2v) is 6.59. The van der Waals surface area contributed by atoms with Crippen LogP contribution in [-0.2, 0) is 0 Å². The van der Waals surface area contributed by atoms with Gasteiger partial charge in [0.1, 0.15) is 0 Å². The molecule has 0 amide bonds. The van der Waals surface area contributed by atoms with Gasteiger partial charge in [-0.2, -0.15) is 0 Å². The number of thioether (sulfide) groups is 1. The Hall–Kier alpha value is -0.580. The summed E-state index contributed by atoms with van der Waals surface area (Å²) in [5, 5.41) is 0. The normalized spacial score (nSPS) is 19.8. The van der Waals surface area contributed by atoms with Gasteiger partial charge in [-0.05, 0) is 25.6 Å². The van der Waals surface area contributed by atoms with E-state index in [-0.39, 0.29) is 0 Å². The van der Waals surface area contributed by atoms with Crippen molar-refractivity contribution >= 4 is 29.0 Å². The van der Waals surface area contributed by atoms with Crippen molar-refractivity contribution in [2.75, 3.05) is 19.3 Å². The molecule has 98 valence electrons. The summed E-state index contributed by atoms with van der Waals surface area (Å²) in [7, 11) is 2.16. The van der Waals surface area contributed by atoms with Gasteiger partial charge >= 0.3 is 0 Å². The first kappa shape index (κ1) is 13.8. The van der Waals surface area contributed by atoms with Gasteiger partial charge in [-0.15, -0.1) is 11.8 Å². The lowest BCUT2D eigenvalue weighted by Gasteiger charge is -2.27. The third-order valence-corrected chi connectivity index (χ3v) is 4.97. The molecule has 0 spiro atoms. The van der Waals surface area contributed by atoms with Gasteiger partial charge in [0.15, 0.2) is 0 Å². The van der Waals surface area contributed by atoms with Gasteiger partial charge in [0.25, 0.3) is 0 Å². The zero-order chi connectivity index (χ0) is 13.1. The fraction of sp³-hybridized carbons (Fsp3) is 0.500. The fourth-order valence-electron chi connectivity index (χ4n) is 2.36. The molecule has 0 saturated heterocycles. The molecule has 1 heterocycles. The lowest BCUT2D eigenvalue weighted by Crippen LogP contribution is -2.35. The summed E-state index contributed by atoms with van der Waals surface area (Å²) in [6.45, 7) is 3.26. The highest BCUT2D eigenvalue weighted by Gasteiger charge is 2.25. The van der Waals surface area contributed by atoms with E-state index >= 15 is 0 Å². The van der Waals surface area contributed by atoms with Gasteiger partial charge in [-0.3, -0.25) is 0 Å². The molecule has 4 heteroatoms. The van der Waals surface area contributed by atoms with Crippen LogP contribution in [0, 0.1) is 0 Å². The molecule has 0 aliphatic carbocycles. The zero-order valence-corrected chi connectivity index (χ0v) is 12.6. The van der Waals surface area contributed by atoms with Crippen LogP contribution in [0.1, 0.15) is 24.8 Å². The Labute approximate surface area is 119 Å². The number of likely N-dealkylation sites (N-methyl/N-ethyl adjacent to an activating group) is 1. The van der Waals surface area contributed by atoms with Crippen LogP contribution < -0.4 is 5.73 Å². The Kier molecular flexibility index (Phi) is 4.65. The van der Waals surface area contributed by atoms with E-state index in [0.29, 0.717) is 16.9 Å². The van der Waals surface area contributed by atoms with E-state index in [4.69, 9.17) is 18.0 Å². The largest absolute Gasteiger partial charge is 0.393 e. The number of nitrogens with zero attached hydrogens (tertiary/aromatic N) is 1. The van der Waals surface area contributed by atoms with Crippen molar-refractivity contribution in [1.82, 2.24) is 4.90 Å². The summed E-state index contributed by atoms with van der Waals surface area (Å²) in [6, 6.07) is 9.15. The molecule has 2 nitrogen and oxygen atoms in total. The highest BCUT2D eigenvalue weighted by Crippen LogP contribution is 2.39. The van der Waals surface area contributed by atoms with Crippen LogP contribution in [0.25, 0.3) is 0 Å². The number of hydrogen-bond donors (Lipinski definition) is 1. The van der Waals surface area contributed by atoms with Gasteiger partial charge in [-0.1, -0.05) is 30.4 Å². The summed E-state index contributed by atoms with van der Waals surface area (Å²) in [5.74, 6) is 1.81. The number of nitrogens with two attached hydrogens (primary N) is 1. The number of hydrogen-bond acceptors (Lipinski definition) is 3. The Morgan fingerprint density at radius 1 is 1.56 bits per heavy atom. The second-order valence-electron chi connectivity index (χ2n) is 5.00. The minimum atomic E-state index is 0.417. The highest BCUT2D eigenvalue weighted by atomic mass is 32.2. The predicted molar refractivity (Wildman–Crippen MR) is 83.4 cm³/mol. The summed E-state index contributed by atoms with van der Waals surface area (Å²) in [5.41, 5.74) is 7.11. The first-order chi connectivity index (χ1) is 8.58. The molecular formula is C14H20N2S2. The summed E-state index contributed by atoms with van der Waals surface area (Å²) in [4.78, 5) is 4.42. The van der Waals surface area contributed by atoms with Crippen molar-refractivity contribution in [3.63, 3.8) is 0 Å². The van der Waals surface area contributed by atoms with Crippen molar-refractivity contribution in [1.29, 1.82) is 0 Å². The molecular weight excluding hydrogens is 260 g/mol. The van der Waals surface area contributed by atoms with E-state index in [1.54, 1.807) is 0 Å². The average molecular weight is 280 g/mol. The molecule has 2 rings (SSSR count). The van der Waals surface area contributed by atoms with E-state index in [1.165, 1.54) is 16.2 Å². The smallest absolute Gasteiger partial charge is 0.0742 e. The molecule has 1 aromatic carbocycles. The monoisotopic (exact) mass is 280 g/mol. The van der Waals surface area contributed by atoms with Gasteiger partial charge < -0.3 is 10.6 Å². The van der Waals surface area contributed by atoms with Crippen LogP contribution in [0.3, 0.4) is 0 Å². The molecule has 0 bridgehead atoms. The number of thiocarbonyl (C=S) groups is 1. The molecule has 0 saturated carbocycles. The van der Waals surface area contributed by atoms with Crippen LogP contribution in [0.4, 0.5) is 0 Å². The van der Waals surface area contributed by atoms with Gasteiger partial charge in [0.2, 0.25) is 0 Å². The highest BCUT2D eigenvalue weighted by molar-refractivity contribution is 7.99. The maximum Gasteiger partial charge on any atom is 0.0742 e. The Morgan fingerprint density at radius 3 is 3.00 bits per heavy atom. The van der Waals surface area contributed by atoms with E-state index in [2.05, 4.69) is 43.1 Å².